The first kappa shape index (κ1) is 11.6. The molecule has 1 aromatic heterocycles. The predicted octanol–water partition coefficient (Wildman–Crippen LogP) is 3.22. The van der Waals surface area contributed by atoms with Gasteiger partial charge in [0.1, 0.15) is 0 Å². The summed E-state index contributed by atoms with van der Waals surface area (Å²) in [6.07, 6.45) is 9.05. The van der Waals surface area contributed by atoms with Gasteiger partial charge in [-0.2, -0.15) is 0 Å². The maximum absolute atomic E-state index is 6.35. The Morgan fingerprint density at radius 3 is 2.88 bits per heavy atom. The largest absolute Gasteiger partial charge is 0.324 e. The van der Waals surface area contributed by atoms with Gasteiger partial charge >= 0.3 is 0 Å². The number of pyridine rings is 1. The van der Waals surface area contributed by atoms with E-state index in [1.54, 1.807) is 0 Å². The van der Waals surface area contributed by atoms with Crippen molar-refractivity contribution in [2.24, 2.45) is 17.6 Å². The molecule has 1 fully saturated rings. The zero-order valence-corrected chi connectivity index (χ0v) is 10.3. The van der Waals surface area contributed by atoms with E-state index in [-0.39, 0.29) is 6.04 Å². The summed E-state index contributed by atoms with van der Waals surface area (Å²) >= 11 is 0. The second-order valence-electron chi connectivity index (χ2n) is 5.17. The van der Waals surface area contributed by atoms with E-state index in [4.69, 9.17) is 5.73 Å². The molecule has 1 aliphatic carbocycles. The van der Waals surface area contributed by atoms with Crippen LogP contribution in [0.25, 0.3) is 0 Å². The Bertz CT molecular complexity index is 348. The molecule has 2 heteroatoms. The fraction of sp³-hybridized carbons (Fsp3) is 0.643. The van der Waals surface area contributed by atoms with Crippen molar-refractivity contribution >= 4 is 0 Å². The zero-order chi connectivity index (χ0) is 11.5. The zero-order valence-electron chi connectivity index (χ0n) is 10.3. The fourth-order valence-electron chi connectivity index (χ4n) is 2.84. The van der Waals surface area contributed by atoms with E-state index < -0.39 is 0 Å². The van der Waals surface area contributed by atoms with E-state index in [1.807, 2.05) is 12.4 Å². The molecule has 1 saturated carbocycles. The number of nitrogens with zero attached hydrogens (tertiary/aromatic N) is 1. The molecule has 2 rings (SSSR count). The number of aryl methyl sites for hydroxylation is 1. The van der Waals surface area contributed by atoms with E-state index in [2.05, 4.69) is 24.9 Å². The Morgan fingerprint density at radius 2 is 2.25 bits per heavy atom. The second-order valence-corrected chi connectivity index (χ2v) is 5.17. The van der Waals surface area contributed by atoms with Crippen LogP contribution in [0.3, 0.4) is 0 Å². The van der Waals surface area contributed by atoms with Crippen LogP contribution in [0.4, 0.5) is 0 Å². The molecule has 2 N–H and O–H groups in total. The molecule has 88 valence electrons. The van der Waals surface area contributed by atoms with Gasteiger partial charge in [0, 0.05) is 18.4 Å². The van der Waals surface area contributed by atoms with Gasteiger partial charge in [0.2, 0.25) is 0 Å². The number of nitrogens with two attached hydrogens (primary N) is 1. The average molecular weight is 218 g/mol. The first-order chi connectivity index (χ1) is 7.70. The van der Waals surface area contributed by atoms with E-state index in [0.29, 0.717) is 5.92 Å². The quantitative estimate of drug-likeness (QED) is 0.846. The Labute approximate surface area is 98.3 Å². The van der Waals surface area contributed by atoms with E-state index in [0.717, 1.165) is 5.92 Å². The summed E-state index contributed by atoms with van der Waals surface area (Å²) in [7, 11) is 0. The van der Waals surface area contributed by atoms with E-state index in [1.165, 1.54) is 36.8 Å². The van der Waals surface area contributed by atoms with E-state index in [9.17, 15) is 0 Å². The van der Waals surface area contributed by atoms with Crippen molar-refractivity contribution in [3.63, 3.8) is 0 Å². The average Bonchev–Trinajstić information content (AvgIpc) is 2.76. The molecular formula is C14H22N2. The lowest BCUT2D eigenvalue weighted by Crippen LogP contribution is -2.19. The summed E-state index contributed by atoms with van der Waals surface area (Å²) in [5, 5.41) is 0. The normalized spacial score (nSPS) is 26.9. The Hall–Kier alpha value is -0.890. The molecule has 3 atom stereocenters. The van der Waals surface area contributed by atoms with Gasteiger partial charge in [0.15, 0.2) is 0 Å². The van der Waals surface area contributed by atoms with Crippen molar-refractivity contribution in [2.45, 2.75) is 45.6 Å². The molecule has 3 unspecified atom stereocenters. The lowest BCUT2D eigenvalue weighted by Gasteiger charge is -2.19. The van der Waals surface area contributed by atoms with Crippen molar-refractivity contribution < 1.29 is 0 Å². The van der Waals surface area contributed by atoms with Gasteiger partial charge < -0.3 is 5.73 Å². The first-order valence-electron chi connectivity index (χ1n) is 6.37. The van der Waals surface area contributed by atoms with Gasteiger partial charge in [-0.1, -0.05) is 25.8 Å². The molecular weight excluding hydrogens is 196 g/mol. The number of hydrogen-bond acceptors (Lipinski definition) is 2. The molecule has 0 aliphatic heterocycles. The third kappa shape index (κ3) is 2.43. The van der Waals surface area contributed by atoms with Crippen LogP contribution in [0.15, 0.2) is 18.5 Å². The van der Waals surface area contributed by atoms with Crippen LogP contribution < -0.4 is 5.73 Å². The molecule has 16 heavy (non-hydrogen) atoms. The van der Waals surface area contributed by atoms with Gasteiger partial charge in [-0.15, -0.1) is 0 Å². The molecule has 0 saturated heterocycles. The smallest absolute Gasteiger partial charge is 0.0339 e. The Kier molecular flexibility index (Phi) is 3.59. The van der Waals surface area contributed by atoms with Crippen molar-refractivity contribution in [2.75, 3.05) is 0 Å². The number of rotatable bonds is 3. The van der Waals surface area contributed by atoms with Crippen LogP contribution in [0, 0.1) is 18.8 Å². The Balaban J connectivity index is 2.05. The van der Waals surface area contributed by atoms with Crippen molar-refractivity contribution in [1.29, 1.82) is 0 Å². The SMILES string of the molecule is CCC1CCC(C(N)c2cncc(C)c2)C1. The molecule has 0 aromatic carbocycles. The highest BCUT2D eigenvalue weighted by Crippen LogP contribution is 2.39. The molecule has 1 heterocycles. The minimum absolute atomic E-state index is 0.184. The summed E-state index contributed by atoms with van der Waals surface area (Å²) < 4.78 is 0. The monoisotopic (exact) mass is 218 g/mol. The van der Waals surface area contributed by atoms with Crippen LogP contribution in [0.1, 0.15) is 49.8 Å². The standard InChI is InChI=1S/C14H22N2/c1-3-11-4-5-12(7-11)14(15)13-6-10(2)8-16-9-13/h6,8-9,11-12,14H,3-5,7,15H2,1-2H3. The summed E-state index contributed by atoms with van der Waals surface area (Å²) in [6, 6.07) is 2.36. The van der Waals surface area contributed by atoms with Crippen LogP contribution in [-0.2, 0) is 0 Å². The first-order valence-corrected chi connectivity index (χ1v) is 6.37. The second kappa shape index (κ2) is 4.96. The maximum Gasteiger partial charge on any atom is 0.0339 e. The third-order valence-electron chi connectivity index (χ3n) is 3.95. The van der Waals surface area contributed by atoms with Gasteiger partial charge in [-0.25, -0.2) is 0 Å². The van der Waals surface area contributed by atoms with E-state index >= 15 is 0 Å². The fourth-order valence-corrected chi connectivity index (χ4v) is 2.84. The molecule has 0 spiro atoms. The molecule has 0 amide bonds. The predicted molar refractivity (Wildman–Crippen MR) is 67.0 cm³/mol. The summed E-state index contributed by atoms with van der Waals surface area (Å²) in [5.74, 6) is 1.56. The minimum atomic E-state index is 0.184. The molecule has 1 aliphatic rings. The highest BCUT2D eigenvalue weighted by molar-refractivity contribution is 5.20. The lowest BCUT2D eigenvalue weighted by molar-refractivity contribution is 0.415. The highest BCUT2D eigenvalue weighted by Gasteiger charge is 2.28. The Morgan fingerprint density at radius 1 is 1.44 bits per heavy atom. The van der Waals surface area contributed by atoms with Gasteiger partial charge in [-0.05, 0) is 42.7 Å². The van der Waals surface area contributed by atoms with Crippen molar-refractivity contribution in [3.8, 4) is 0 Å². The molecule has 1 aromatic rings. The van der Waals surface area contributed by atoms with Gasteiger partial charge in [0.05, 0.1) is 0 Å². The lowest BCUT2D eigenvalue weighted by atomic mass is 9.91. The van der Waals surface area contributed by atoms with Gasteiger partial charge in [0.25, 0.3) is 0 Å². The van der Waals surface area contributed by atoms with Crippen molar-refractivity contribution in [1.82, 2.24) is 4.98 Å². The van der Waals surface area contributed by atoms with Crippen molar-refractivity contribution in [3.05, 3.63) is 29.6 Å². The summed E-state index contributed by atoms with van der Waals surface area (Å²) in [6.45, 7) is 4.36. The topological polar surface area (TPSA) is 38.9 Å². The molecule has 0 bridgehead atoms. The number of hydrogen-bond donors (Lipinski definition) is 1. The summed E-state index contributed by atoms with van der Waals surface area (Å²) in [5.41, 5.74) is 8.76. The molecule has 0 radical (unpaired) electrons. The highest BCUT2D eigenvalue weighted by atomic mass is 14.7. The third-order valence-corrected chi connectivity index (χ3v) is 3.95. The van der Waals surface area contributed by atoms with Crippen LogP contribution in [-0.4, -0.2) is 4.98 Å². The maximum atomic E-state index is 6.35. The van der Waals surface area contributed by atoms with Gasteiger partial charge in [-0.3, -0.25) is 4.98 Å². The summed E-state index contributed by atoms with van der Waals surface area (Å²) in [4.78, 5) is 4.24. The number of aromatic nitrogens is 1. The van der Waals surface area contributed by atoms with Crippen LogP contribution in [0.2, 0.25) is 0 Å². The molecule has 2 nitrogen and oxygen atoms in total. The van der Waals surface area contributed by atoms with Crippen LogP contribution in [0.5, 0.6) is 0 Å². The van der Waals surface area contributed by atoms with Crippen LogP contribution >= 0.6 is 0 Å². The minimum Gasteiger partial charge on any atom is -0.324 e.